The highest BCUT2D eigenvalue weighted by molar-refractivity contribution is 7.98. The quantitative estimate of drug-likeness (QED) is 0.501. The summed E-state index contributed by atoms with van der Waals surface area (Å²) in [7, 11) is -3.86. The molecule has 2 amide bonds. The number of furan rings is 1. The van der Waals surface area contributed by atoms with E-state index in [2.05, 4.69) is 15.4 Å². The van der Waals surface area contributed by atoms with Gasteiger partial charge in [-0.05, 0) is 43.3 Å². The molecule has 0 bridgehead atoms. The fourth-order valence-electron chi connectivity index (χ4n) is 2.24. The molecule has 152 valence electrons. The second kappa shape index (κ2) is 10.3. The van der Waals surface area contributed by atoms with Crippen molar-refractivity contribution >= 4 is 39.3 Å². The normalized spacial score (nSPS) is 12.4. The summed E-state index contributed by atoms with van der Waals surface area (Å²) in [5, 5.41) is 5.26. The standard InChI is InChI=1S/C18H23N3O5S2/c1-13(18(23)19-9-11-27-12-16-4-3-10-26-16)21-28(24,25)17-7-5-15(6-8-17)20-14(2)22/h3-8,10,13,21H,9,11-12H2,1-2H3,(H,19,23)(H,20,22)/t13-/m0/s1. The first-order valence-corrected chi connectivity index (χ1v) is 11.2. The minimum atomic E-state index is -3.86. The van der Waals surface area contributed by atoms with E-state index >= 15 is 0 Å². The number of sulfonamides is 1. The summed E-state index contributed by atoms with van der Waals surface area (Å²) in [5.41, 5.74) is 0.490. The van der Waals surface area contributed by atoms with Crippen LogP contribution in [0.1, 0.15) is 19.6 Å². The molecule has 0 saturated carbocycles. The lowest BCUT2D eigenvalue weighted by atomic mass is 10.3. The largest absolute Gasteiger partial charge is 0.468 e. The van der Waals surface area contributed by atoms with Crippen LogP contribution < -0.4 is 15.4 Å². The number of nitrogens with one attached hydrogen (secondary N) is 3. The number of hydrogen-bond acceptors (Lipinski definition) is 6. The van der Waals surface area contributed by atoms with Crippen LogP contribution in [0.3, 0.4) is 0 Å². The maximum absolute atomic E-state index is 12.4. The molecule has 8 nitrogen and oxygen atoms in total. The highest BCUT2D eigenvalue weighted by Gasteiger charge is 2.21. The predicted octanol–water partition coefficient (Wildman–Crippen LogP) is 1.95. The van der Waals surface area contributed by atoms with Crippen LogP contribution in [0, 0.1) is 0 Å². The SMILES string of the molecule is CC(=O)Nc1ccc(S(=O)(=O)N[C@@H](C)C(=O)NCCSCc2ccco2)cc1. The third-order valence-corrected chi connectivity index (χ3v) is 6.12. The number of amides is 2. The Morgan fingerprint density at radius 2 is 1.89 bits per heavy atom. The number of rotatable bonds is 10. The number of hydrogen-bond donors (Lipinski definition) is 3. The smallest absolute Gasteiger partial charge is 0.241 e. The van der Waals surface area contributed by atoms with Crippen molar-refractivity contribution in [2.75, 3.05) is 17.6 Å². The lowest BCUT2D eigenvalue weighted by Crippen LogP contribution is -2.45. The fourth-order valence-corrected chi connectivity index (χ4v) is 4.20. The van der Waals surface area contributed by atoms with Crippen LogP contribution >= 0.6 is 11.8 Å². The Kier molecular flexibility index (Phi) is 8.09. The van der Waals surface area contributed by atoms with E-state index in [9.17, 15) is 18.0 Å². The van der Waals surface area contributed by atoms with E-state index in [-0.39, 0.29) is 10.8 Å². The van der Waals surface area contributed by atoms with Gasteiger partial charge in [0.25, 0.3) is 0 Å². The zero-order chi connectivity index (χ0) is 20.6. The third kappa shape index (κ3) is 7.02. The van der Waals surface area contributed by atoms with Gasteiger partial charge in [-0.15, -0.1) is 0 Å². The first-order chi connectivity index (χ1) is 13.3. The van der Waals surface area contributed by atoms with Crippen LogP contribution in [0.25, 0.3) is 0 Å². The number of carbonyl (C=O) groups excluding carboxylic acids is 2. The van der Waals surface area contributed by atoms with Gasteiger partial charge in [0.15, 0.2) is 0 Å². The molecule has 2 rings (SSSR count). The van der Waals surface area contributed by atoms with Crippen LogP contribution in [-0.4, -0.2) is 38.6 Å². The van der Waals surface area contributed by atoms with Crippen molar-refractivity contribution in [3.8, 4) is 0 Å². The van der Waals surface area contributed by atoms with E-state index in [1.807, 2.05) is 12.1 Å². The monoisotopic (exact) mass is 425 g/mol. The fraction of sp³-hybridized carbons (Fsp3) is 0.333. The Morgan fingerprint density at radius 3 is 2.50 bits per heavy atom. The van der Waals surface area contributed by atoms with Crippen LogP contribution in [-0.2, 0) is 25.4 Å². The molecular weight excluding hydrogens is 402 g/mol. The van der Waals surface area contributed by atoms with E-state index in [0.717, 1.165) is 5.76 Å². The molecule has 1 aromatic carbocycles. The highest BCUT2D eigenvalue weighted by atomic mass is 32.2. The second-order valence-electron chi connectivity index (χ2n) is 5.97. The zero-order valence-electron chi connectivity index (χ0n) is 15.6. The Labute approximate surface area is 168 Å². The Balaban J connectivity index is 1.78. The molecule has 28 heavy (non-hydrogen) atoms. The van der Waals surface area contributed by atoms with Gasteiger partial charge in [0.05, 0.1) is 23.0 Å². The minimum absolute atomic E-state index is 0.00950. The average molecular weight is 426 g/mol. The molecule has 0 aliphatic rings. The molecule has 0 radical (unpaired) electrons. The van der Waals surface area contributed by atoms with Crippen molar-refractivity contribution in [3.63, 3.8) is 0 Å². The minimum Gasteiger partial charge on any atom is -0.468 e. The van der Waals surface area contributed by atoms with Crippen LogP contribution in [0.5, 0.6) is 0 Å². The van der Waals surface area contributed by atoms with E-state index < -0.39 is 22.0 Å². The Morgan fingerprint density at radius 1 is 1.18 bits per heavy atom. The van der Waals surface area contributed by atoms with Crippen molar-refractivity contribution in [1.82, 2.24) is 10.0 Å². The van der Waals surface area contributed by atoms with Crippen LogP contribution in [0.4, 0.5) is 5.69 Å². The molecule has 0 saturated heterocycles. The average Bonchev–Trinajstić information content (AvgIpc) is 3.14. The molecule has 3 N–H and O–H groups in total. The summed E-state index contributed by atoms with van der Waals surface area (Å²) < 4.78 is 32.4. The van der Waals surface area contributed by atoms with Crippen molar-refractivity contribution in [3.05, 3.63) is 48.4 Å². The number of thioether (sulfide) groups is 1. The first kappa shape index (κ1) is 22.0. The Bertz CT molecular complexity index is 880. The van der Waals surface area contributed by atoms with E-state index in [1.165, 1.54) is 38.1 Å². The van der Waals surface area contributed by atoms with Crippen molar-refractivity contribution in [1.29, 1.82) is 0 Å². The first-order valence-electron chi connectivity index (χ1n) is 8.56. The lowest BCUT2D eigenvalue weighted by molar-refractivity contribution is -0.122. The lowest BCUT2D eigenvalue weighted by Gasteiger charge is -2.14. The summed E-state index contributed by atoms with van der Waals surface area (Å²) in [4.78, 5) is 23.1. The van der Waals surface area contributed by atoms with E-state index in [4.69, 9.17) is 4.42 Å². The second-order valence-corrected chi connectivity index (χ2v) is 8.79. The van der Waals surface area contributed by atoms with Gasteiger partial charge in [0, 0.05) is 24.9 Å². The van der Waals surface area contributed by atoms with Gasteiger partial charge in [-0.25, -0.2) is 8.42 Å². The van der Waals surface area contributed by atoms with Crippen molar-refractivity contribution < 1.29 is 22.4 Å². The van der Waals surface area contributed by atoms with Crippen LogP contribution in [0.2, 0.25) is 0 Å². The molecule has 0 spiro atoms. The molecular formula is C18H23N3O5S2. The summed E-state index contributed by atoms with van der Waals surface area (Å²) in [6.07, 6.45) is 1.61. The Hall–Kier alpha value is -2.30. The van der Waals surface area contributed by atoms with E-state index in [1.54, 1.807) is 18.0 Å². The van der Waals surface area contributed by atoms with Gasteiger partial charge in [0.1, 0.15) is 5.76 Å². The van der Waals surface area contributed by atoms with Crippen LogP contribution in [0.15, 0.2) is 52.0 Å². The molecule has 1 atom stereocenters. The van der Waals surface area contributed by atoms with Gasteiger partial charge in [0.2, 0.25) is 21.8 Å². The predicted molar refractivity (Wildman–Crippen MR) is 108 cm³/mol. The van der Waals surface area contributed by atoms with Crippen molar-refractivity contribution in [2.45, 2.75) is 30.5 Å². The summed E-state index contributed by atoms with van der Waals surface area (Å²) in [6, 6.07) is 8.47. The molecule has 0 aliphatic heterocycles. The number of carbonyl (C=O) groups is 2. The van der Waals surface area contributed by atoms with Gasteiger partial charge in [-0.1, -0.05) is 0 Å². The van der Waals surface area contributed by atoms with Gasteiger partial charge < -0.3 is 15.1 Å². The van der Waals surface area contributed by atoms with Gasteiger partial charge in [-0.2, -0.15) is 16.5 Å². The summed E-state index contributed by atoms with van der Waals surface area (Å²) in [6.45, 7) is 3.26. The molecule has 1 aromatic heterocycles. The molecule has 2 aromatic rings. The summed E-state index contributed by atoms with van der Waals surface area (Å²) in [5.74, 6) is 1.59. The molecule has 1 heterocycles. The topological polar surface area (TPSA) is 118 Å². The maximum Gasteiger partial charge on any atom is 0.241 e. The maximum atomic E-state index is 12.4. The third-order valence-electron chi connectivity index (χ3n) is 3.58. The molecule has 10 heteroatoms. The van der Waals surface area contributed by atoms with Gasteiger partial charge in [-0.3, -0.25) is 9.59 Å². The van der Waals surface area contributed by atoms with Crippen molar-refractivity contribution in [2.24, 2.45) is 0 Å². The summed E-state index contributed by atoms with van der Waals surface area (Å²) >= 11 is 1.60. The molecule has 0 fully saturated rings. The molecule has 0 aliphatic carbocycles. The van der Waals surface area contributed by atoms with E-state index in [0.29, 0.717) is 23.7 Å². The molecule has 0 unspecified atom stereocenters. The number of benzene rings is 1. The number of anilines is 1. The van der Waals surface area contributed by atoms with Gasteiger partial charge >= 0.3 is 0 Å². The highest BCUT2D eigenvalue weighted by Crippen LogP contribution is 2.14. The zero-order valence-corrected chi connectivity index (χ0v) is 17.2.